The van der Waals surface area contributed by atoms with Gasteiger partial charge in [-0.15, -0.1) is 0 Å². The molecule has 1 aromatic rings. The SMILES string of the molecule is COC(CNC(=O)c1ccc(Cl)c(Br)c1)CC(=O)O. The van der Waals surface area contributed by atoms with Crippen LogP contribution in [0, 0.1) is 0 Å². The number of hydrogen-bond donors (Lipinski definition) is 2. The van der Waals surface area contributed by atoms with Crippen molar-refractivity contribution in [1.82, 2.24) is 5.32 Å². The Morgan fingerprint density at radius 1 is 1.53 bits per heavy atom. The zero-order chi connectivity index (χ0) is 14.4. The van der Waals surface area contributed by atoms with Gasteiger partial charge in [0.1, 0.15) is 0 Å². The Hall–Kier alpha value is -1.11. The molecule has 5 nitrogen and oxygen atoms in total. The Labute approximate surface area is 124 Å². The van der Waals surface area contributed by atoms with Crippen molar-refractivity contribution in [2.45, 2.75) is 12.5 Å². The van der Waals surface area contributed by atoms with Crippen LogP contribution in [0.15, 0.2) is 22.7 Å². The molecule has 1 atom stereocenters. The predicted octanol–water partition coefficient (Wildman–Crippen LogP) is 2.32. The summed E-state index contributed by atoms with van der Waals surface area (Å²) in [6.45, 7) is 0.127. The van der Waals surface area contributed by atoms with Crippen LogP contribution in [-0.4, -0.2) is 36.7 Å². The summed E-state index contributed by atoms with van der Waals surface area (Å²) in [5.74, 6) is -1.29. The molecule has 7 heteroatoms. The summed E-state index contributed by atoms with van der Waals surface area (Å²) < 4.78 is 5.59. The van der Waals surface area contributed by atoms with Crippen molar-refractivity contribution >= 4 is 39.4 Å². The first-order valence-corrected chi connectivity index (χ1v) is 6.59. The Morgan fingerprint density at radius 3 is 2.74 bits per heavy atom. The van der Waals surface area contributed by atoms with Crippen molar-refractivity contribution in [3.63, 3.8) is 0 Å². The maximum absolute atomic E-state index is 11.8. The summed E-state index contributed by atoms with van der Waals surface area (Å²) in [5, 5.41) is 11.8. The number of amides is 1. The van der Waals surface area contributed by atoms with E-state index in [1.165, 1.54) is 7.11 Å². The van der Waals surface area contributed by atoms with E-state index in [2.05, 4.69) is 21.2 Å². The molecule has 0 saturated carbocycles. The van der Waals surface area contributed by atoms with E-state index in [9.17, 15) is 9.59 Å². The maximum Gasteiger partial charge on any atom is 0.306 e. The number of rotatable bonds is 6. The van der Waals surface area contributed by atoms with Crippen molar-refractivity contribution in [3.05, 3.63) is 33.3 Å². The molecule has 0 aromatic heterocycles. The van der Waals surface area contributed by atoms with Gasteiger partial charge in [0.05, 0.1) is 17.5 Å². The summed E-state index contributed by atoms with van der Waals surface area (Å²) in [5.41, 5.74) is 0.432. The van der Waals surface area contributed by atoms with Gasteiger partial charge in [-0.3, -0.25) is 9.59 Å². The van der Waals surface area contributed by atoms with Crippen LogP contribution in [0.3, 0.4) is 0 Å². The van der Waals surface area contributed by atoms with Crippen LogP contribution in [0.25, 0.3) is 0 Å². The number of methoxy groups -OCH3 is 1. The fourth-order valence-corrected chi connectivity index (χ4v) is 1.88. The molecule has 1 amide bonds. The summed E-state index contributed by atoms with van der Waals surface area (Å²) in [7, 11) is 1.40. The molecule has 1 unspecified atom stereocenters. The number of carboxylic acid groups (broad SMARTS) is 1. The Morgan fingerprint density at radius 2 is 2.21 bits per heavy atom. The van der Waals surface area contributed by atoms with Crippen LogP contribution >= 0.6 is 27.5 Å². The molecule has 0 bridgehead atoms. The lowest BCUT2D eigenvalue weighted by atomic mass is 10.2. The normalized spacial score (nSPS) is 11.9. The quantitative estimate of drug-likeness (QED) is 0.825. The van der Waals surface area contributed by atoms with Gasteiger partial charge in [0.15, 0.2) is 0 Å². The fraction of sp³-hybridized carbons (Fsp3) is 0.333. The molecule has 0 fully saturated rings. The van der Waals surface area contributed by atoms with E-state index in [1.807, 2.05) is 0 Å². The number of aliphatic carboxylic acids is 1. The predicted molar refractivity (Wildman–Crippen MR) is 74.5 cm³/mol. The molecular formula is C12H13BrClNO4. The van der Waals surface area contributed by atoms with Crippen LogP contribution in [0.2, 0.25) is 5.02 Å². The lowest BCUT2D eigenvalue weighted by molar-refractivity contribution is -0.139. The standard InChI is InChI=1S/C12H13BrClNO4/c1-19-8(5-11(16)17)6-15-12(18)7-2-3-10(14)9(13)4-7/h2-4,8H,5-6H2,1H3,(H,15,18)(H,16,17). The lowest BCUT2D eigenvalue weighted by Gasteiger charge is -2.14. The monoisotopic (exact) mass is 349 g/mol. The average molecular weight is 351 g/mol. The fourth-order valence-electron chi connectivity index (χ4n) is 1.38. The minimum absolute atomic E-state index is 0.127. The van der Waals surface area contributed by atoms with Gasteiger partial charge in [-0.25, -0.2) is 0 Å². The minimum atomic E-state index is -0.977. The Balaban J connectivity index is 2.59. The van der Waals surface area contributed by atoms with E-state index >= 15 is 0 Å². The first-order valence-electron chi connectivity index (χ1n) is 5.42. The van der Waals surface area contributed by atoms with Gasteiger partial charge in [-0.1, -0.05) is 11.6 Å². The van der Waals surface area contributed by atoms with E-state index in [0.29, 0.717) is 15.1 Å². The van der Waals surface area contributed by atoms with Crippen molar-refractivity contribution in [2.75, 3.05) is 13.7 Å². The van der Waals surface area contributed by atoms with Crippen LogP contribution < -0.4 is 5.32 Å². The van der Waals surface area contributed by atoms with E-state index in [1.54, 1.807) is 18.2 Å². The number of nitrogens with one attached hydrogen (secondary N) is 1. The molecule has 0 heterocycles. The lowest BCUT2D eigenvalue weighted by Crippen LogP contribution is -2.34. The zero-order valence-corrected chi connectivity index (χ0v) is 12.5. The Kier molecular flexibility index (Phi) is 6.27. The largest absolute Gasteiger partial charge is 0.481 e. The number of hydrogen-bond acceptors (Lipinski definition) is 3. The molecule has 0 aliphatic rings. The van der Waals surface area contributed by atoms with Gasteiger partial charge < -0.3 is 15.2 Å². The van der Waals surface area contributed by atoms with Crippen LogP contribution in [0.4, 0.5) is 0 Å². The number of carbonyl (C=O) groups excluding carboxylic acids is 1. The maximum atomic E-state index is 11.8. The molecule has 0 radical (unpaired) electrons. The third-order valence-electron chi connectivity index (χ3n) is 2.41. The molecule has 0 aliphatic carbocycles. The number of benzene rings is 1. The number of carbonyl (C=O) groups is 2. The molecule has 1 aromatic carbocycles. The van der Waals surface area contributed by atoms with E-state index < -0.39 is 12.1 Å². The second kappa shape index (κ2) is 7.47. The highest BCUT2D eigenvalue weighted by atomic mass is 79.9. The molecule has 0 spiro atoms. The summed E-state index contributed by atoms with van der Waals surface area (Å²) in [6.07, 6.45) is -0.724. The van der Waals surface area contributed by atoms with Crippen LogP contribution in [-0.2, 0) is 9.53 Å². The molecule has 1 rings (SSSR count). The highest BCUT2D eigenvalue weighted by Crippen LogP contribution is 2.23. The van der Waals surface area contributed by atoms with E-state index in [4.69, 9.17) is 21.4 Å². The minimum Gasteiger partial charge on any atom is -0.481 e. The highest BCUT2D eigenvalue weighted by Gasteiger charge is 2.14. The molecule has 0 aliphatic heterocycles. The summed E-state index contributed by atoms with van der Waals surface area (Å²) >= 11 is 9.06. The molecule has 2 N–H and O–H groups in total. The summed E-state index contributed by atoms with van der Waals surface area (Å²) in [4.78, 5) is 22.4. The second-order valence-corrected chi connectivity index (χ2v) is 5.06. The molecule has 0 saturated heterocycles. The highest BCUT2D eigenvalue weighted by molar-refractivity contribution is 9.10. The second-order valence-electron chi connectivity index (χ2n) is 3.79. The van der Waals surface area contributed by atoms with Gasteiger partial charge in [-0.05, 0) is 34.1 Å². The van der Waals surface area contributed by atoms with Crippen LogP contribution in [0.5, 0.6) is 0 Å². The number of halogens is 2. The molecular weight excluding hydrogens is 337 g/mol. The molecule has 104 valence electrons. The van der Waals surface area contributed by atoms with Crippen molar-refractivity contribution < 1.29 is 19.4 Å². The Bertz CT molecular complexity index is 481. The van der Waals surface area contributed by atoms with E-state index in [-0.39, 0.29) is 18.9 Å². The van der Waals surface area contributed by atoms with Gasteiger partial charge in [0.25, 0.3) is 5.91 Å². The first kappa shape index (κ1) is 15.9. The number of ether oxygens (including phenoxy) is 1. The van der Waals surface area contributed by atoms with Crippen LogP contribution in [0.1, 0.15) is 16.8 Å². The summed E-state index contributed by atoms with van der Waals surface area (Å²) in [6, 6.07) is 4.78. The average Bonchev–Trinajstić information content (AvgIpc) is 2.36. The van der Waals surface area contributed by atoms with Crippen molar-refractivity contribution in [1.29, 1.82) is 0 Å². The number of carboxylic acids is 1. The van der Waals surface area contributed by atoms with Gasteiger partial charge >= 0.3 is 5.97 Å². The van der Waals surface area contributed by atoms with Crippen molar-refractivity contribution in [3.8, 4) is 0 Å². The van der Waals surface area contributed by atoms with Gasteiger partial charge in [0.2, 0.25) is 0 Å². The first-order chi connectivity index (χ1) is 8.93. The topological polar surface area (TPSA) is 75.6 Å². The van der Waals surface area contributed by atoms with Crippen molar-refractivity contribution in [2.24, 2.45) is 0 Å². The smallest absolute Gasteiger partial charge is 0.306 e. The van der Waals surface area contributed by atoms with Gasteiger partial charge in [-0.2, -0.15) is 0 Å². The molecule has 19 heavy (non-hydrogen) atoms. The third-order valence-corrected chi connectivity index (χ3v) is 3.62. The third kappa shape index (κ3) is 5.18. The van der Waals surface area contributed by atoms with E-state index in [0.717, 1.165) is 0 Å². The van der Waals surface area contributed by atoms with Gasteiger partial charge in [0, 0.05) is 23.7 Å². The zero-order valence-electron chi connectivity index (χ0n) is 10.2.